The molecule has 4 heteroatoms. The summed E-state index contributed by atoms with van der Waals surface area (Å²) in [6.07, 6.45) is 1.33. The second-order valence-electron chi connectivity index (χ2n) is 4.27. The molecule has 0 heterocycles. The van der Waals surface area contributed by atoms with E-state index in [2.05, 4.69) is 13.8 Å². The highest BCUT2D eigenvalue weighted by Crippen LogP contribution is 2.21. The zero-order valence-electron chi connectivity index (χ0n) is 10.4. The molecule has 96 valence electrons. The lowest BCUT2D eigenvalue weighted by molar-refractivity contribution is 0.295. The minimum Gasteiger partial charge on any atom is -0.396 e. The van der Waals surface area contributed by atoms with Gasteiger partial charge >= 0.3 is 0 Å². The fraction of sp³-hybridized carbons (Fsp3) is 0.538. The van der Waals surface area contributed by atoms with Crippen molar-refractivity contribution in [1.82, 2.24) is 0 Å². The van der Waals surface area contributed by atoms with Crippen molar-refractivity contribution in [3.05, 3.63) is 29.8 Å². The average Bonchev–Trinajstić information content (AvgIpc) is 2.35. The highest BCUT2D eigenvalue weighted by molar-refractivity contribution is 7.91. The largest absolute Gasteiger partial charge is 0.396 e. The van der Waals surface area contributed by atoms with Gasteiger partial charge in [-0.3, -0.25) is 0 Å². The van der Waals surface area contributed by atoms with Gasteiger partial charge in [0.1, 0.15) is 0 Å². The molecule has 1 N–H and O–H groups in total. The maximum absolute atomic E-state index is 11.8. The predicted molar refractivity (Wildman–Crippen MR) is 68.9 cm³/mol. The lowest BCUT2D eigenvalue weighted by Crippen LogP contribution is -2.08. The molecule has 0 amide bonds. The van der Waals surface area contributed by atoms with Crippen LogP contribution in [0.25, 0.3) is 0 Å². The van der Waals surface area contributed by atoms with Crippen LogP contribution in [0.1, 0.15) is 38.2 Å². The maximum Gasteiger partial charge on any atom is 0.178 e. The van der Waals surface area contributed by atoms with Crippen LogP contribution in [0.3, 0.4) is 0 Å². The molecule has 0 fully saturated rings. The number of hydrogen-bond donors (Lipinski definition) is 1. The van der Waals surface area contributed by atoms with Crippen molar-refractivity contribution in [2.45, 2.75) is 37.5 Å². The number of benzene rings is 1. The van der Waals surface area contributed by atoms with Crippen molar-refractivity contribution in [2.75, 3.05) is 12.4 Å². The van der Waals surface area contributed by atoms with E-state index in [0.29, 0.717) is 10.8 Å². The molecule has 1 aromatic rings. The van der Waals surface area contributed by atoms with E-state index in [1.54, 1.807) is 12.1 Å². The van der Waals surface area contributed by atoms with Gasteiger partial charge in [0.25, 0.3) is 0 Å². The second-order valence-corrected chi connectivity index (χ2v) is 6.38. The first-order valence-corrected chi connectivity index (χ1v) is 7.60. The monoisotopic (exact) mass is 256 g/mol. The van der Waals surface area contributed by atoms with Gasteiger partial charge in [-0.25, -0.2) is 8.42 Å². The standard InChI is InChI=1S/C13H20O3S/c1-3-11(2)12-5-7-13(8-6-12)17(15,16)10-4-9-14/h5-8,11,14H,3-4,9-10H2,1-2H3. The lowest BCUT2D eigenvalue weighted by atomic mass is 9.99. The molecule has 1 atom stereocenters. The fourth-order valence-electron chi connectivity index (χ4n) is 1.61. The summed E-state index contributed by atoms with van der Waals surface area (Å²) in [5, 5.41) is 8.66. The minimum absolute atomic E-state index is 0.00613. The van der Waals surface area contributed by atoms with Crippen LogP contribution < -0.4 is 0 Å². The third kappa shape index (κ3) is 3.82. The van der Waals surface area contributed by atoms with Crippen LogP contribution >= 0.6 is 0 Å². The zero-order chi connectivity index (χ0) is 12.9. The van der Waals surface area contributed by atoms with E-state index in [1.807, 2.05) is 12.1 Å². The maximum atomic E-state index is 11.8. The van der Waals surface area contributed by atoms with E-state index < -0.39 is 9.84 Å². The van der Waals surface area contributed by atoms with E-state index >= 15 is 0 Å². The van der Waals surface area contributed by atoms with Crippen LogP contribution in [0.5, 0.6) is 0 Å². The number of aliphatic hydroxyl groups is 1. The second kappa shape index (κ2) is 6.17. The van der Waals surface area contributed by atoms with Crippen molar-refractivity contribution >= 4 is 9.84 Å². The van der Waals surface area contributed by atoms with Gasteiger partial charge in [-0.1, -0.05) is 26.0 Å². The van der Waals surface area contributed by atoms with Crippen LogP contribution in [-0.2, 0) is 9.84 Å². The van der Waals surface area contributed by atoms with Crippen molar-refractivity contribution in [2.24, 2.45) is 0 Å². The van der Waals surface area contributed by atoms with Gasteiger partial charge in [0.05, 0.1) is 10.6 Å². The smallest absolute Gasteiger partial charge is 0.178 e. The summed E-state index contributed by atoms with van der Waals surface area (Å²) in [5.41, 5.74) is 1.16. The Kier molecular flexibility index (Phi) is 5.15. The van der Waals surface area contributed by atoms with E-state index in [0.717, 1.165) is 12.0 Å². The SMILES string of the molecule is CCC(C)c1ccc(S(=O)(=O)CCCO)cc1. The Labute approximate surface area is 103 Å². The number of rotatable bonds is 6. The van der Waals surface area contributed by atoms with Crippen LogP contribution in [-0.4, -0.2) is 25.9 Å². The van der Waals surface area contributed by atoms with Gasteiger partial charge < -0.3 is 5.11 Å². The normalized spacial score (nSPS) is 13.6. The van der Waals surface area contributed by atoms with Gasteiger partial charge in [0, 0.05) is 6.61 Å². The Morgan fingerprint density at radius 2 is 1.82 bits per heavy atom. The first-order valence-electron chi connectivity index (χ1n) is 5.95. The third-order valence-electron chi connectivity index (χ3n) is 2.99. The van der Waals surface area contributed by atoms with Gasteiger partial charge in [-0.2, -0.15) is 0 Å². The van der Waals surface area contributed by atoms with Crippen LogP contribution in [0.4, 0.5) is 0 Å². The summed E-state index contributed by atoms with van der Waals surface area (Å²) >= 11 is 0. The van der Waals surface area contributed by atoms with Gasteiger partial charge in [0.15, 0.2) is 9.84 Å². The third-order valence-corrected chi connectivity index (χ3v) is 4.81. The molecule has 0 aliphatic rings. The van der Waals surface area contributed by atoms with Crippen LogP contribution in [0.2, 0.25) is 0 Å². The number of sulfone groups is 1. The molecule has 17 heavy (non-hydrogen) atoms. The Bertz CT molecular complexity index is 434. The summed E-state index contributed by atoms with van der Waals surface area (Å²) in [6, 6.07) is 7.07. The molecule has 1 aromatic carbocycles. The van der Waals surface area contributed by atoms with Gasteiger partial charge in [-0.05, 0) is 36.5 Å². The molecule has 1 unspecified atom stereocenters. The molecule has 1 rings (SSSR count). The Hall–Kier alpha value is -0.870. The Balaban J connectivity index is 2.87. The molecule has 0 aliphatic heterocycles. The van der Waals surface area contributed by atoms with Crippen molar-refractivity contribution in [3.8, 4) is 0 Å². The molecule has 3 nitrogen and oxygen atoms in total. The van der Waals surface area contributed by atoms with E-state index in [-0.39, 0.29) is 18.8 Å². The predicted octanol–water partition coefficient (Wildman–Crippen LogP) is 2.36. The van der Waals surface area contributed by atoms with Crippen molar-refractivity contribution < 1.29 is 13.5 Å². The van der Waals surface area contributed by atoms with Crippen LogP contribution in [0, 0.1) is 0 Å². The van der Waals surface area contributed by atoms with E-state index in [1.165, 1.54) is 0 Å². The summed E-state index contributed by atoms with van der Waals surface area (Å²) in [5.74, 6) is 0.454. The zero-order valence-corrected chi connectivity index (χ0v) is 11.2. The molecule has 0 saturated heterocycles. The Morgan fingerprint density at radius 1 is 1.24 bits per heavy atom. The molecule has 0 radical (unpaired) electrons. The quantitative estimate of drug-likeness (QED) is 0.850. The molecule has 0 saturated carbocycles. The van der Waals surface area contributed by atoms with Gasteiger partial charge in [-0.15, -0.1) is 0 Å². The first-order chi connectivity index (χ1) is 8.01. The molecule has 0 aliphatic carbocycles. The summed E-state index contributed by atoms with van der Waals surface area (Å²) in [4.78, 5) is 0.345. The van der Waals surface area contributed by atoms with Gasteiger partial charge in [0.2, 0.25) is 0 Å². The van der Waals surface area contributed by atoms with E-state index in [9.17, 15) is 8.42 Å². The Morgan fingerprint density at radius 3 is 2.29 bits per heavy atom. The van der Waals surface area contributed by atoms with Crippen molar-refractivity contribution in [1.29, 1.82) is 0 Å². The van der Waals surface area contributed by atoms with Crippen LogP contribution in [0.15, 0.2) is 29.2 Å². The summed E-state index contributed by atoms with van der Waals surface area (Å²) in [6.45, 7) is 4.13. The minimum atomic E-state index is -3.23. The topological polar surface area (TPSA) is 54.4 Å². The highest BCUT2D eigenvalue weighted by Gasteiger charge is 2.14. The molecular formula is C13H20O3S. The molecule has 0 spiro atoms. The van der Waals surface area contributed by atoms with E-state index in [4.69, 9.17) is 5.11 Å². The fourth-order valence-corrected chi connectivity index (χ4v) is 2.91. The summed E-state index contributed by atoms with van der Waals surface area (Å²) < 4.78 is 23.7. The summed E-state index contributed by atoms with van der Waals surface area (Å²) in [7, 11) is -3.23. The average molecular weight is 256 g/mol. The number of hydrogen-bond acceptors (Lipinski definition) is 3. The molecule has 0 aromatic heterocycles. The first kappa shape index (κ1) is 14.2. The highest BCUT2D eigenvalue weighted by atomic mass is 32.2. The lowest BCUT2D eigenvalue weighted by Gasteiger charge is -2.10. The van der Waals surface area contributed by atoms with Crippen molar-refractivity contribution in [3.63, 3.8) is 0 Å². The molecular weight excluding hydrogens is 236 g/mol. The molecule has 0 bridgehead atoms. The number of aliphatic hydroxyl groups excluding tert-OH is 1.